The Morgan fingerprint density at radius 2 is 2.00 bits per heavy atom. The molecule has 3 rings (SSSR count). The molecule has 0 spiro atoms. The summed E-state index contributed by atoms with van der Waals surface area (Å²) in [4.78, 5) is 26.1. The maximum absolute atomic E-state index is 12.8. The third-order valence-corrected chi connectivity index (χ3v) is 7.21. The number of methoxy groups -OCH3 is 1. The number of thioether (sulfide) groups is 1. The first-order valence-corrected chi connectivity index (χ1v) is 12.9. The van der Waals surface area contributed by atoms with E-state index in [0.717, 1.165) is 11.1 Å². The lowest BCUT2D eigenvalue weighted by Gasteiger charge is -2.15. The Balaban J connectivity index is 1.82. The van der Waals surface area contributed by atoms with Gasteiger partial charge in [-0.25, -0.2) is 0 Å². The summed E-state index contributed by atoms with van der Waals surface area (Å²) in [6, 6.07) is 8.81. The van der Waals surface area contributed by atoms with Crippen LogP contribution in [0.2, 0.25) is 10.0 Å². The summed E-state index contributed by atoms with van der Waals surface area (Å²) in [5, 5.41) is 1.05. The molecule has 2 aromatic carbocycles. The predicted octanol–water partition coefficient (Wildman–Crippen LogP) is 6.50. The Kier molecular flexibility index (Phi) is 9.67. The quantitative estimate of drug-likeness (QED) is 0.184. The zero-order chi connectivity index (χ0) is 24.8. The van der Waals surface area contributed by atoms with Gasteiger partial charge in [0, 0.05) is 22.2 Å². The van der Waals surface area contributed by atoms with Gasteiger partial charge in [0.25, 0.3) is 5.91 Å². The third kappa shape index (κ3) is 6.66. The van der Waals surface area contributed by atoms with Crippen LogP contribution in [0.25, 0.3) is 6.08 Å². The second-order valence-electron chi connectivity index (χ2n) is 6.95. The first-order chi connectivity index (χ1) is 16.2. The van der Waals surface area contributed by atoms with Gasteiger partial charge in [-0.05, 0) is 58.8 Å². The molecule has 1 aliphatic heterocycles. The molecule has 2 aromatic rings. The molecule has 0 radical (unpaired) electrons. The SMILES string of the molecule is CCOc1cc(/C=C2\SC(=S)N(CCC(=O)OC)C2=O)cc(Br)c1OCc1ccc(Cl)cc1Cl. The molecular weight excluding hydrogens is 585 g/mol. The van der Waals surface area contributed by atoms with Crippen molar-refractivity contribution in [3.63, 3.8) is 0 Å². The van der Waals surface area contributed by atoms with Crippen molar-refractivity contribution in [1.29, 1.82) is 0 Å². The van der Waals surface area contributed by atoms with Crippen LogP contribution in [0.3, 0.4) is 0 Å². The molecule has 0 atom stereocenters. The lowest BCUT2D eigenvalue weighted by Crippen LogP contribution is -2.30. The summed E-state index contributed by atoms with van der Waals surface area (Å²) in [6.45, 7) is 2.67. The highest BCUT2D eigenvalue weighted by Gasteiger charge is 2.32. The number of hydrogen-bond donors (Lipinski definition) is 0. The summed E-state index contributed by atoms with van der Waals surface area (Å²) in [6.07, 6.45) is 1.80. The highest BCUT2D eigenvalue weighted by atomic mass is 79.9. The van der Waals surface area contributed by atoms with E-state index in [0.29, 0.717) is 41.8 Å². The lowest BCUT2D eigenvalue weighted by atomic mass is 10.1. The summed E-state index contributed by atoms with van der Waals surface area (Å²) in [7, 11) is 1.30. The zero-order valence-electron chi connectivity index (χ0n) is 18.2. The molecule has 1 amide bonds. The number of halogens is 3. The molecule has 0 bridgehead atoms. The van der Waals surface area contributed by atoms with Gasteiger partial charge in [0.1, 0.15) is 10.9 Å². The number of benzene rings is 2. The predicted molar refractivity (Wildman–Crippen MR) is 143 cm³/mol. The molecule has 0 aromatic heterocycles. The third-order valence-electron chi connectivity index (χ3n) is 4.66. The number of nitrogens with zero attached hydrogens (tertiary/aromatic N) is 1. The molecule has 0 unspecified atom stereocenters. The van der Waals surface area contributed by atoms with E-state index in [-0.39, 0.29) is 25.5 Å². The van der Waals surface area contributed by atoms with E-state index in [1.807, 2.05) is 13.0 Å². The average Bonchev–Trinajstić information content (AvgIpc) is 3.05. The van der Waals surface area contributed by atoms with E-state index >= 15 is 0 Å². The first-order valence-electron chi connectivity index (χ1n) is 10.1. The molecule has 1 saturated heterocycles. The maximum atomic E-state index is 12.8. The fraction of sp³-hybridized carbons (Fsp3) is 0.261. The summed E-state index contributed by atoms with van der Waals surface area (Å²) >= 11 is 22.3. The van der Waals surface area contributed by atoms with Crippen molar-refractivity contribution in [2.45, 2.75) is 20.0 Å². The van der Waals surface area contributed by atoms with Crippen LogP contribution in [-0.4, -0.2) is 41.4 Å². The van der Waals surface area contributed by atoms with E-state index in [4.69, 9.17) is 44.9 Å². The molecular formula is C23H20BrCl2NO5S2. The topological polar surface area (TPSA) is 65.1 Å². The summed E-state index contributed by atoms with van der Waals surface area (Å²) in [5.74, 6) is 0.356. The molecule has 1 aliphatic rings. The molecule has 1 heterocycles. The summed E-state index contributed by atoms with van der Waals surface area (Å²) in [5.41, 5.74) is 1.50. The monoisotopic (exact) mass is 603 g/mol. The highest BCUT2D eigenvalue weighted by molar-refractivity contribution is 9.10. The minimum absolute atomic E-state index is 0.0694. The van der Waals surface area contributed by atoms with E-state index in [1.54, 1.807) is 30.3 Å². The van der Waals surface area contributed by atoms with Gasteiger partial charge in [0.05, 0.1) is 29.5 Å². The number of ether oxygens (including phenoxy) is 3. The first kappa shape index (κ1) is 26.8. The van der Waals surface area contributed by atoms with Crippen molar-refractivity contribution in [3.05, 3.63) is 60.9 Å². The van der Waals surface area contributed by atoms with Crippen LogP contribution in [0, 0.1) is 0 Å². The Morgan fingerprint density at radius 1 is 1.24 bits per heavy atom. The number of rotatable bonds is 9. The van der Waals surface area contributed by atoms with Crippen LogP contribution < -0.4 is 9.47 Å². The van der Waals surface area contributed by atoms with Crippen LogP contribution in [0.5, 0.6) is 11.5 Å². The largest absolute Gasteiger partial charge is 0.490 e. The Hall–Kier alpha value is -1.78. The molecule has 0 saturated carbocycles. The second-order valence-corrected chi connectivity index (χ2v) is 10.3. The van der Waals surface area contributed by atoms with Gasteiger partial charge in [-0.3, -0.25) is 14.5 Å². The van der Waals surface area contributed by atoms with Gasteiger partial charge in [-0.15, -0.1) is 0 Å². The number of thiocarbonyl (C=S) groups is 1. The smallest absolute Gasteiger partial charge is 0.307 e. The highest BCUT2D eigenvalue weighted by Crippen LogP contribution is 2.40. The molecule has 1 fully saturated rings. The van der Waals surface area contributed by atoms with Crippen LogP contribution in [0.4, 0.5) is 0 Å². The van der Waals surface area contributed by atoms with Gasteiger partial charge in [-0.1, -0.05) is 53.2 Å². The van der Waals surface area contributed by atoms with Crippen molar-refractivity contribution in [2.75, 3.05) is 20.3 Å². The van der Waals surface area contributed by atoms with Gasteiger partial charge < -0.3 is 14.2 Å². The van der Waals surface area contributed by atoms with Crippen LogP contribution in [0.1, 0.15) is 24.5 Å². The molecule has 6 nitrogen and oxygen atoms in total. The fourth-order valence-electron chi connectivity index (χ4n) is 3.01. The fourth-order valence-corrected chi connectivity index (χ4v) is 5.36. The van der Waals surface area contributed by atoms with Crippen molar-refractivity contribution in [1.82, 2.24) is 4.90 Å². The zero-order valence-corrected chi connectivity index (χ0v) is 23.0. The van der Waals surface area contributed by atoms with Crippen molar-refractivity contribution in [2.24, 2.45) is 0 Å². The maximum Gasteiger partial charge on any atom is 0.307 e. The molecule has 180 valence electrons. The number of esters is 1. The van der Waals surface area contributed by atoms with Gasteiger partial charge in [0.2, 0.25) is 0 Å². The number of carbonyl (C=O) groups excluding carboxylic acids is 2. The number of amides is 1. The van der Waals surface area contributed by atoms with Crippen molar-refractivity contribution < 1.29 is 23.8 Å². The molecule has 0 N–H and O–H groups in total. The van der Waals surface area contributed by atoms with Crippen molar-refractivity contribution in [3.8, 4) is 11.5 Å². The number of carbonyl (C=O) groups is 2. The Morgan fingerprint density at radius 3 is 2.68 bits per heavy atom. The molecule has 34 heavy (non-hydrogen) atoms. The van der Waals surface area contributed by atoms with Crippen LogP contribution in [-0.2, 0) is 20.9 Å². The van der Waals surface area contributed by atoms with Gasteiger partial charge in [-0.2, -0.15) is 0 Å². The van der Waals surface area contributed by atoms with Crippen LogP contribution in [0.15, 0.2) is 39.7 Å². The number of hydrogen-bond acceptors (Lipinski definition) is 7. The Labute approximate surface area is 225 Å². The standard InChI is InChI=1S/C23H20BrCl2NO5S2/c1-3-31-18-9-13(10-19-22(29)27(23(33)34-19)7-6-20(28)30-2)8-16(24)21(18)32-12-14-4-5-15(25)11-17(14)26/h4-5,8-11H,3,6-7,12H2,1-2H3/b19-10-. The molecule has 0 aliphatic carbocycles. The average molecular weight is 605 g/mol. The van der Waals surface area contributed by atoms with Crippen molar-refractivity contribution >= 4 is 85.4 Å². The molecule has 11 heteroatoms. The van der Waals surface area contributed by atoms with Crippen LogP contribution >= 0.6 is 63.1 Å². The lowest BCUT2D eigenvalue weighted by molar-refractivity contribution is -0.140. The van der Waals surface area contributed by atoms with E-state index < -0.39 is 5.97 Å². The Bertz CT molecular complexity index is 1160. The normalized spacial score (nSPS) is 14.6. The van der Waals surface area contributed by atoms with E-state index in [2.05, 4.69) is 20.7 Å². The summed E-state index contributed by atoms with van der Waals surface area (Å²) < 4.78 is 17.5. The van der Waals surface area contributed by atoms with Gasteiger partial charge in [0.15, 0.2) is 11.5 Å². The van der Waals surface area contributed by atoms with E-state index in [9.17, 15) is 9.59 Å². The van der Waals surface area contributed by atoms with E-state index in [1.165, 1.54) is 23.8 Å². The minimum Gasteiger partial charge on any atom is -0.490 e. The minimum atomic E-state index is -0.404. The second kappa shape index (κ2) is 12.3. The van der Waals surface area contributed by atoms with Gasteiger partial charge >= 0.3 is 5.97 Å².